The molecule has 1 saturated heterocycles. The van der Waals surface area contributed by atoms with E-state index in [4.69, 9.17) is 0 Å². The lowest BCUT2D eigenvalue weighted by atomic mass is 10.0. The molecule has 0 spiro atoms. The molecule has 1 fully saturated rings. The van der Waals surface area contributed by atoms with E-state index in [1.54, 1.807) is 0 Å². The van der Waals surface area contributed by atoms with Gasteiger partial charge in [-0.3, -0.25) is 4.79 Å². The number of nitrogens with one attached hydrogen (secondary N) is 1. The molecule has 0 aliphatic carbocycles. The van der Waals surface area contributed by atoms with Crippen LogP contribution in [-0.2, 0) is 4.79 Å². The van der Waals surface area contributed by atoms with E-state index in [9.17, 15) is 4.79 Å². The first-order chi connectivity index (χ1) is 9.06. The molecule has 1 rings (SSSR count). The maximum atomic E-state index is 12.3. The number of carbonyl (C=O) groups is 1. The van der Waals surface area contributed by atoms with Crippen LogP contribution in [0.2, 0.25) is 0 Å². The second-order valence-corrected chi connectivity index (χ2v) is 5.90. The topological polar surface area (TPSA) is 35.6 Å². The lowest BCUT2D eigenvalue weighted by Crippen LogP contribution is -2.51. The van der Waals surface area contributed by atoms with E-state index in [-0.39, 0.29) is 6.04 Å². The van der Waals surface area contributed by atoms with Crippen LogP contribution in [0.5, 0.6) is 0 Å². The summed E-state index contributed by atoms with van der Waals surface area (Å²) in [5.74, 6) is 0.312. The van der Waals surface area contributed by atoms with Gasteiger partial charge in [0.2, 0.25) is 5.91 Å². The summed E-state index contributed by atoms with van der Waals surface area (Å²) in [5.41, 5.74) is 0. The van der Waals surface area contributed by atoms with Crippen molar-refractivity contribution in [3.05, 3.63) is 0 Å². The van der Waals surface area contributed by atoms with Crippen molar-refractivity contribution in [3.8, 4) is 0 Å². The van der Waals surface area contributed by atoms with Gasteiger partial charge >= 0.3 is 0 Å². The average molecular weight is 269 g/mol. The first-order valence-corrected chi connectivity index (χ1v) is 7.78. The quantitative estimate of drug-likeness (QED) is 0.728. The number of likely N-dealkylation sites (tertiary alicyclic amines) is 1. The Morgan fingerprint density at radius 1 is 1.47 bits per heavy atom. The van der Waals surface area contributed by atoms with Crippen LogP contribution in [0, 0.1) is 0 Å². The molecule has 0 saturated carbocycles. The molecule has 112 valence electrons. The summed E-state index contributed by atoms with van der Waals surface area (Å²) in [7, 11) is 2.15. The van der Waals surface area contributed by atoms with E-state index in [0.29, 0.717) is 11.9 Å². The first-order valence-electron chi connectivity index (χ1n) is 7.78. The highest BCUT2D eigenvalue weighted by Crippen LogP contribution is 2.12. The monoisotopic (exact) mass is 269 g/mol. The van der Waals surface area contributed by atoms with Crippen molar-refractivity contribution in [2.45, 2.75) is 58.5 Å². The van der Waals surface area contributed by atoms with Crippen molar-refractivity contribution in [3.63, 3.8) is 0 Å². The van der Waals surface area contributed by atoms with Crippen LogP contribution in [0.25, 0.3) is 0 Å². The Balaban J connectivity index is 2.30. The molecular weight excluding hydrogens is 238 g/mol. The second-order valence-electron chi connectivity index (χ2n) is 5.90. The minimum absolute atomic E-state index is 0.0662. The molecule has 0 aromatic rings. The van der Waals surface area contributed by atoms with Crippen LogP contribution in [0.3, 0.4) is 0 Å². The molecule has 0 bridgehead atoms. The fourth-order valence-corrected chi connectivity index (χ4v) is 2.44. The fourth-order valence-electron chi connectivity index (χ4n) is 2.44. The highest BCUT2D eigenvalue weighted by molar-refractivity contribution is 5.82. The van der Waals surface area contributed by atoms with E-state index < -0.39 is 0 Å². The first kappa shape index (κ1) is 16.4. The number of amides is 1. The lowest BCUT2D eigenvalue weighted by Gasteiger charge is -2.33. The molecular formula is C15H31N3O. The molecule has 4 nitrogen and oxygen atoms in total. The van der Waals surface area contributed by atoms with Crippen LogP contribution in [0.15, 0.2) is 0 Å². The zero-order valence-corrected chi connectivity index (χ0v) is 13.1. The van der Waals surface area contributed by atoms with Crippen LogP contribution in [-0.4, -0.2) is 61.0 Å². The number of carbonyl (C=O) groups excluding carboxylic acids is 1. The van der Waals surface area contributed by atoms with Crippen molar-refractivity contribution in [2.75, 3.05) is 33.2 Å². The molecule has 0 aromatic carbocycles. The maximum absolute atomic E-state index is 12.3. The average Bonchev–Trinajstić information content (AvgIpc) is 2.39. The molecule has 1 amide bonds. The molecule has 1 unspecified atom stereocenters. The van der Waals surface area contributed by atoms with E-state index in [0.717, 1.165) is 51.9 Å². The van der Waals surface area contributed by atoms with Gasteiger partial charge in [-0.15, -0.1) is 0 Å². The number of hydrogen-bond acceptors (Lipinski definition) is 3. The summed E-state index contributed by atoms with van der Waals surface area (Å²) >= 11 is 0. The van der Waals surface area contributed by atoms with Gasteiger partial charge < -0.3 is 15.1 Å². The van der Waals surface area contributed by atoms with Crippen LogP contribution >= 0.6 is 0 Å². The highest BCUT2D eigenvalue weighted by Gasteiger charge is 2.27. The number of hydrogen-bond donors (Lipinski definition) is 1. The molecule has 1 aliphatic heterocycles. The van der Waals surface area contributed by atoms with Gasteiger partial charge in [0.25, 0.3) is 0 Å². The van der Waals surface area contributed by atoms with E-state index in [1.165, 1.54) is 0 Å². The van der Waals surface area contributed by atoms with Crippen LogP contribution < -0.4 is 5.32 Å². The Labute approximate surface area is 118 Å². The normalized spacial score (nSPS) is 20.6. The van der Waals surface area contributed by atoms with Gasteiger partial charge in [0.1, 0.15) is 0 Å². The summed E-state index contributed by atoms with van der Waals surface area (Å²) in [6, 6.07) is 0.646. The third kappa shape index (κ3) is 5.49. The largest absolute Gasteiger partial charge is 0.341 e. The Hall–Kier alpha value is -0.610. The third-order valence-corrected chi connectivity index (χ3v) is 3.99. The predicted molar refractivity (Wildman–Crippen MR) is 80.3 cm³/mol. The van der Waals surface area contributed by atoms with Crippen LogP contribution in [0.4, 0.5) is 0 Å². The zero-order chi connectivity index (χ0) is 14.3. The minimum atomic E-state index is 0.0662. The summed E-state index contributed by atoms with van der Waals surface area (Å²) < 4.78 is 0. The van der Waals surface area contributed by atoms with Crippen molar-refractivity contribution in [1.29, 1.82) is 0 Å². The summed E-state index contributed by atoms with van der Waals surface area (Å²) in [5, 5.41) is 3.37. The van der Waals surface area contributed by atoms with E-state index in [2.05, 4.69) is 38.0 Å². The Morgan fingerprint density at radius 2 is 2.21 bits per heavy atom. The van der Waals surface area contributed by atoms with Crippen LogP contribution in [0.1, 0.15) is 46.5 Å². The molecule has 0 radical (unpaired) electrons. The Bertz CT molecular complexity index is 268. The maximum Gasteiger partial charge on any atom is 0.239 e. The van der Waals surface area contributed by atoms with Gasteiger partial charge in [-0.1, -0.05) is 6.92 Å². The van der Waals surface area contributed by atoms with Gasteiger partial charge in [0.05, 0.1) is 6.04 Å². The molecule has 1 aliphatic rings. The molecule has 1 heterocycles. The molecule has 19 heavy (non-hydrogen) atoms. The second kappa shape index (κ2) is 8.54. The fraction of sp³-hybridized carbons (Fsp3) is 0.933. The molecule has 1 atom stereocenters. The standard InChI is InChI=1S/C15H31N3O/c1-5-9-16-14-8-6-11-18(15(14)19)12-7-10-17(4)13(2)3/h13-14,16H,5-12H2,1-4H3. The minimum Gasteiger partial charge on any atom is -0.341 e. The number of rotatable bonds is 8. The van der Waals surface area contributed by atoms with Crippen molar-refractivity contribution in [1.82, 2.24) is 15.1 Å². The lowest BCUT2D eigenvalue weighted by molar-refractivity contribution is -0.136. The van der Waals surface area contributed by atoms with Crippen molar-refractivity contribution < 1.29 is 4.79 Å². The zero-order valence-electron chi connectivity index (χ0n) is 13.1. The van der Waals surface area contributed by atoms with E-state index >= 15 is 0 Å². The van der Waals surface area contributed by atoms with Gasteiger partial charge in [0.15, 0.2) is 0 Å². The number of nitrogens with zero attached hydrogens (tertiary/aromatic N) is 2. The predicted octanol–water partition coefficient (Wildman–Crippen LogP) is 1.71. The van der Waals surface area contributed by atoms with Crippen molar-refractivity contribution in [2.24, 2.45) is 0 Å². The molecule has 1 N–H and O–H groups in total. The van der Waals surface area contributed by atoms with Gasteiger partial charge in [-0.25, -0.2) is 0 Å². The SMILES string of the molecule is CCCNC1CCCN(CCCN(C)C(C)C)C1=O. The van der Waals surface area contributed by atoms with E-state index in [1.807, 2.05) is 4.90 Å². The molecule has 0 aromatic heterocycles. The van der Waals surface area contributed by atoms with Crippen molar-refractivity contribution >= 4 is 5.91 Å². The Morgan fingerprint density at radius 3 is 2.84 bits per heavy atom. The molecule has 4 heteroatoms. The van der Waals surface area contributed by atoms with Gasteiger partial charge in [-0.2, -0.15) is 0 Å². The van der Waals surface area contributed by atoms with Gasteiger partial charge in [0, 0.05) is 19.1 Å². The summed E-state index contributed by atoms with van der Waals surface area (Å²) in [6.45, 7) is 10.4. The summed E-state index contributed by atoms with van der Waals surface area (Å²) in [6.07, 6.45) is 4.29. The Kier molecular flexibility index (Phi) is 7.39. The number of piperidine rings is 1. The van der Waals surface area contributed by atoms with Gasteiger partial charge in [-0.05, 0) is 59.7 Å². The highest BCUT2D eigenvalue weighted by atomic mass is 16.2. The third-order valence-electron chi connectivity index (χ3n) is 3.99. The summed E-state index contributed by atoms with van der Waals surface area (Å²) in [4.78, 5) is 16.7. The smallest absolute Gasteiger partial charge is 0.239 e.